The maximum Gasteiger partial charge on any atom is 0.322 e. The molecule has 0 aliphatic carbocycles. The first-order chi connectivity index (χ1) is 10.6. The van der Waals surface area contributed by atoms with Crippen LogP contribution >= 0.6 is 11.8 Å². The van der Waals surface area contributed by atoms with Crippen LogP contribution in [-0.4, -0.2) is 32.7 Å². The molecule has 2 aromatic rings. The molecule has 116 valence electrons. The molecule has 0 radical (unpaired) electrons. The van der Waals surface area contributed by atoms with E-state index in [4.69, 9.17) is 4.74 Å². The number of carbonyl (C=O) groups is 1. The Kier molecular flexibility index (Phi) is 4.06. The first-order valence-electron chi connectivity index (χ1n) is 7.18. The summed E-state index contributed by atoms with van der Waals surface area (Å²) in [6.45, 7) is 6.09. The highest BCUT2D eigenvalue weighted by molar-refractivity contribution is 8.00. The first-order valence-corrected chi connectivity index (χ1v) is 8.06. The number of aromatic nitrogens is 3. The summed E-state index contributed by atoms with van der Waals surface area (Å²) in [6.07, 6.45) is 0. The van der Waals surface area contributed by atoms with Crippen molar-refractivity contribution in [2.45, 2.75) is 37.2 Å². The number of hydrogen-bond donors (Lipinski definition) is 1. The van der Waals surface area contributed by atoms with E-state index in [1.54, 1.807) is 0 Å². The Morgan fingerprint density at radius 3 is 2.73 bits per heavy atom. The number of fused-ring (bicyclic) bond motifs is 1. The minimum absolute atomic E-state index is 0.188. The Bertz CT molecular complexity index is 683. The van der Waals surface area contributed by atoms with Crippen molar-refractivity contribution in [2.75, 3.05) is 12.0 Å². The zero-order chi connectivity index (χ0) is 15.7. The van der Waals surface area contributed by atoms with Crippen LogP contribution in [0.15, 0.2) is 29.4 Å². The fourth-order valence-corrected chi connectivity index (χ4v) is 3.51. The molecule has 0 fully saturated rings. The molecule has 0 amide bonds. The Labute approximate surface area is 133 Å². The maximum atomic E-state index is 12.3. The van der Waals surface area contributed by atoms with Gasteiger partial charge in [-0.15, -0.1) is 10.2 Å². The predicted octanol–water partition coefficient (Wildman–Crippen LogP) is 2.22. The van der Waals surface area contributed by atoms with Gasteiger partial charge in [-0.1, -0.05) is 41.6 Å². The maximum absolute atomic E-state index is 12.3. The van der Waals surface area contributed by atoms with E-state index in [1.807, 2.05) is 49.7 Å². The highest BCUT2D eigenvalue weighted by atomic mass is 32.2. The van der Waals surface area contributed by atoms with Crippen LogP contribution < -0.4 is 5.43 Å². The van der Waals surface area contributed by atoms with E-state index in [0.29, 0.717) is 11.8 Å². The van der Waals surface area contributed by atoms with Gasteiger partial charge < -0.3 is 10.2 Å². The topological polar surface area (TPSA) is 69.0 Å². The highest BCUT2D eigenvalue weighted by Crippen LogP contribution is 2.37. The third-order valence-electron chi connectivity index (χ3n) is 3.55. The van der Waals surface area contributed by atoms with Crippen molar-refractivity contribution >= 4 is 17.7 Å². The Morgan fingerprint density at radius 2 is 2.05 bits per heavy atom. The van der Waals surface area contributed by atoms with E-state index >= 15 is 0 Å². The van der Waals surface area contributed by atoms with Crippen molar-refractivity contribution in [2.24, 2.45) is 0 Å². The second-order valence-electron chi connectivity index (χ2n) is 5.17. The number of ether oxygens (including phenoxy) is 1. The minimum Gasteiger partial charge on any atom is -0.465 e. The molecule has 22 heavy (non-hydrogen) atoms. The van der Waals surface area contributed by atoms with E-state index < -0.39 is 5.25 Å². The molecule has 1 N–H and O–H groups in total. The van der Waals surface area contributed by atoms with Crippen molar-refractivity contribution in [3.63, 3.8) is 0 Å². The average molecular weight is 318 g/mol. The van der Waals surface area contributed by atoms with E-state index in [9.17, 15) is 4.79 Å². The molecule has 2 atom stereocenters. The molecule has 0 bridgehead atoms. The molecule has 0 unspecified atom stereocenters. The molecule has 7 heteroatoms. The van der Waals surface area contributed by atoms with Crippen LogP contribution in [0.1, 0.15) is 29.9 Å². The van der Waals surface area contributed by atoms with E-state index in [0.717, 1.165) is 11.4 Å². The molecule has 3 rings (SSSR count). The molecule has 2 heterocycles. The molecule has 6 nitrogen and oxygen atoms in total. The van der Waals surface area contributed by atoms with Crippen molar-refractivity contribution < 1.29 is 9.53 Å². The van der Waals surface area contributed by atoms with Crippen LogP contribution in [-0.2, 0) is 9.53 Å². The Morgan fingerprint density at radius 1 is 1.32 bits per heavy atom. The number of hydrogen-bond acceptors (Lipinski definition) is 6. The van der Waals surface area contributed by atoms with Crippen LogP contribution in [0.25, 0.3) is 0 Å². The van der Waals surface area contributed by atoms with Crippen molar-refractivity contribution in [3.05, 3.63) is 41.2 Å². The second-order valence-corrected chi connectivity index (χ2v) is 6.28. The lowest BCUT2D eigenvalue weighted by Gasteiger charge is -2.32. The Hall–Kier alpha value is -2.02. The summed E-state index contributed by atoms with van der Waals surface area (Å²) in [5.74, 6) is 0.527. The fraction of sp³-hybridized carbons (Fsp3) is 0.400. The summed E-state index contributed by atoms with van der Waals surface area (Å²) in [7, 11) is 0. The van der Waals surface area contributed by atoms with Gasteiger partial charge in [-0.2, -0.15) is 0 Å². The lowest BCUT2D eigenvalue weighted by atomic mass is 10.0. The van der Waals surface area contributed by atoms with Gasteiger partial charge >= 0.3 is 5.97 Å². The summed E-state index contributed by atoms with van der Waals surface area (Å²) < 4.78 is 7.05. The largest absolute Gasteiger partial charge is 0.465 e. The smallest absolute Gasteiger partial charge is 0.322 e. The molecule has 1 aliphatic rings. The van der Waals surface area contributed by atoms with Gasteiger partial charge in [0.2, 0.25) is 5.16 Å². The quantitative estimate of drug-likeness (QED) is 0.875. The van der Waals surface area contributed by atoms with Gasteiger partial charge in [-0.3, -0.25) is 4.79 Å². The molecule has 1 aromatic carbocycles. The molecule has 0 saturated heterocycles. The second kappa shape index (κ2) is 6.00. The van der Waals surface area contributed by atoms with Crippen LogP contribution in [0.5, 0.6) is 0 Å². The SMILES string of the molecule is CCOC(=O)[C@H]1Sc2nnc(C)n2N[C@H]1c1ccc(C)cc1. The van der Waals surface area contributed by atoms with Gasteiger partial charge in [0.05, 0.1) is 12.6 Å². The van der Waals surface area contributed by atoms with Gasteiger partial charge in [-0.05, 0) is 26.3 Å². The van der Waals surface area contributed by atoms with Crippen LogP contribution in [0.2, 0.25) is 0 Å². The zero-order valence-electron chi connectivity index (χ0n) is 12.7. The lowest BCUT2D eigenvalue weighted by molar-refractivity contribution is -0.142. The van der Waals surface area contributed by atoms with Gasteiger partial charge in [0.1, 0.15) is 11.1 Å². The van der Waals surface area contributed by atoms with Crippen molar-refractivity contribution in [1.29, 1.82) is 0 Å². The van der Waals surface area contributed by atoms with E-state index in [2.05, 4.69) is 15.6 Å². The van der Waals surface area contributed by atoms with Crippen LogP contribution in [0, 0.1) is 13.8 Å². The molecule has 1 aliphatic heterocycles. The first kappa shape index (κ1) is 14.9. The number of esters is 1. The molecule has 1 aromatic heterocycles. The molecular weight excluding hydrogens is 300 g/mol. The number of rotatable bonds is 3. The van der Waals surface area contributed by atoms with Gasteiger partial charge in [0.15, 0.2) is 0 Å². The monoisotopic (exact) mass is 318 g/mol. The summed E-state index contributed by atoms with van der Waals surface area (Å²) in [4.78, 5) is 12.3. The van der Waals surface area contributed by atoms with E-state index in [-0.39, 0.29) is 12.0 Å². The van der Waals surface area contributed by atoms with Crippen molar-refractivity contribution in [1.82, 2.24) is 14.9 Å². The number of nitrogens with one attached hydrogen (secondary N) is 1. The standard InChI is InChI=1S/C15H18N4O2S/c1-4-21-14(20)13-12(11-7-5-9(2)6-8-11)18-19-10(3)16-17-15(19)22-13/h5-8,12-13,18H,4H2,1-3H3/t12-,13-/m0/s1. The Balaban J connectivity index is 1.97. The zero-order valence-corrected chi connectivity index (χ0v) is 13.6. The van der Waals surface area contributed by atoms with Gasteiger partial charge in [0.25, 0.3) is 0 Å². The number of thioether (sulfide) groups is 1. The van der Waals surface area contributed by atoms with Gasteiger partial charge in [0, 0.05) is 0 Å². The summed E-state index contributed by atoms with van der Waals surface area (Å²) >= 11 is 1.39. The highest BCUT2D eigenvalue weighted by Gasteiger charge is 2.38. The minimum atomic E-state index is -0.390. The normalized spacial score (nSPS) is 20.1. The molecular formula is C15H18N4O2S. The number of carbonyl (C=O) groups excluding carboxylic acids is 1. The van der Waals surface area contributed by atoms with Crippen LogP contribution in [0.4, 0.5) is 0 Å². The number of benzene rings is 1. The summed E-state index contributed by atoms with van der Waals surface area (Å²) in [5.41, 5.74) is 5.56. The third-order valence-corrected chi connectivity index (χ3v) is 4.75. The van der Waals surface area contributed by atoms with Crippen LogP contribution in [0.3, 0.4) is 0 Å². The summed E-state index contributed by atoms with van der Waals surface area (Å²) in [5, 5.41) is 8.44. The number of aryl methyl sites for hydroxylation is 2. The van der Waals surface area contributed by atoms with Crippen molar-refractivity contribution in [3.8, 4) is 0 Å². The predicted molar refractivity (Wildman–Crippen MR) is 84.3 cm³/mol. The third kappa shape index (κ3) is 2.68. The fourth-order valence-electron chi connectivity index (χ4n) is 2.39. The molecule has 0 saturated carbocycles. The summed E-state index contributed by atoms with van der Waals surface area (Å²) in [6, 6.07) is 7.96. The molecule has 0 spiro atoms. The van der Waals surface area contributed by atoms with E-state index in [1.165, 1.54) is 17.3 Å². The average Bonchev–Trinajstić information content (AvgIpc) is 2.88. The number of nitrogens with zero attached hydrogens (tertiary/aromatic N) is 3. The lowest BCUT2D eigenvalue weighted by Crippen LogP contribution is -2.39. The van der Waals surface area contributed by atoms with Gasteiger partial charge in [-0.25, -0.2) is 4.68 Å².